The second-order valence-corrected chi connectivity index (χ2v) is 5.78. The zero-order chi connectivity index (χ0) is 17.5. The normalized spacial score (nSPS) is 10.7. The lowest BCUT2D eigenvalue weighted by atomic mass is 10.2. The third-order valence-corrected chi connectivity index (χ3v) is 3.38. The molecular weight excluding hydrogens is 310 g/mol. The fraction of sp³-hybridized carbons (Fsp3) is 0.471. The molecule has 7 heteroatoms. The van der Waals surface area contributed by atoms with Crippen molar-refractivity contribution >= 4 is 5.91 Å². The first-order valence-corrected chi connectivity index (χ1v) is 7.85. The Balaban J connectivity index is 1.99. The zero-order valence-corrected chi connectivity index (χ0v) is 14.5. The summed E-state index contributed by atoms with van der Waals surface area (Å²) in [6, 6.07) is 5.39. The van der Waals surface area contributed by atoms with Crippen LogP contribution in [0.2, 0.25) is 0 Å². The molecule has 130 valence electrons. The van der Waals surface area contributed by atoms with E-state index in [0.29, 0.717) is 48.5 Å². The lowest BCUT2D eigenvalue weighted by molar-refractivity contribution is -0.121. The molecule has 24 heavy (non-hydrogen) atoms. The van der Waals surface area contributed by atoms with Crippen LogP contribution in [-0.4, -0.2) is 36.8 Å². The van der Waals surface area contributed by atoms with Crippen LogP contribution < -0.4 is 14.8 Å². The maximum atomic E-state index is 11.7. The van der Waals surface area contributed by atoms with Gasteiger partial charge in [-0.2, -0.15) is 4.98 Å². The predicted molar refractivity (Wildman–Crippen MR) is 89.0 cm³/mol. The summed E-state index contributed by atoms with van der Waals surface area (Å²) in [5.41, 5.74) is 0.756. The second-order valence-electron chi connectivity index (χ2n) is 5.78. The first kappa shape index (κ1) is 17.8. The minimum atomic E-state index is -0.0189. The number of aromatic nitrogens is 2. The summed E-state index contributed by atoms with van der Waals surface area (Å²) >= 11 is 0. The van der Waals surface area contributed by atoms with Crippen LogP contribution in [0.25, 0.3) is 11.4 Å². The molecule has 0 saturated heterocycles. The molecule has 7 nitrogen and oxygen atoms in total. The van der Waals surface area contributed by atoms with Gasteiger partial charge in [-0.25, -0.2) is 0 Å². The van der Waals surface area contributed by atoms with Gasteiger partial charge in [-0.3, -0.25) is 4.79 Å². The molecule has 1 aromatic carbocycles. The number of carbonyl (C=O) groups is 1. The monoisotopic (exact) mass is 333 g/mol. The molecule has 0 saturated carbocycles. The van der Waals surface area contributed by atoms with Gasteiger partial charge in [0.1, 0.15) is 0 Å². The Hall–Kier alpha value is -2.57. The lowest BCUT2D eigenvalue weighted by Gasteiger charge is -2.07. The van der Waals surface area contributed by atoms with Crippen molar-refractivity contribution in [3.05, 3.63) is 24.1 Å². The molecule has 1 aromatic heterocycles. The number of benzene rings is 1. The molecule has 0 atom stereocenters. The zero-order valence-electron chi connectivity index (χ0n) is 14.5. The maximum Gasteiger partial charge on any atom is 0.227 e. The molecule has 0 bridgehead atoms. The summed E-state index contributed by atoms with van der Waals surface area (Å²) < 4.78 is 15.7. The van der Waals surface area contributed by atoms with Crippen LogP contribution >= 0.6 is 0 Å². The SMILES string of the molecule is COc1ccc(-c2noc(CCC(=O)NCC(C)C)n2)cc1OC. The Morgan fingerprint density at radius 2 is 2.00 bits per heavy atom. The van der Waals surface area contributed by atoms with Gasteiger partial charge < -0.3 is 19.3 Å². The number of amides is 1. The number of methoxy groups -OCH3 is 2. The summed E-state index contributed by atoms with van der Waals surface area (Å²) in [4.78, 5) is 16.0. The third-order valence-electron chi connectivity index (χ3n) is 3.38. The van der Waals surface area contributed by atoms with Crippen molar-refractivity contribution in [2.75, 3.05) is 20.8 Å². The number of hydrogen-bond donors (Lipinski definition) is 1. The van der Waals surface area contributed by atoms with E-state index in [-0.39, 0.29) is 5.91 Å². The molecule has 0 fully saturated rings. The number of aryl methyl sites for hydroxylation is 1. The summed E-state index contributed by atoms with van der Waals surface area (Å²) in [6.07, 6.45) is 0.727. The molecule has 1 N–H and O–H groups in total. The van der Waals surface area contributed by atoms with Crippen molar-refractivity contribution in [1.29, 1.82) is 0 Å². The molecule has 2 rings (SSSR count). The van der Waals surface area contributed by atoms with E-state index in [2.05, 4.69) is 15.5 Å². The van der Waals surface area contributed by atoms with Gasteiger partial charge in [0.05, 0.1) is 14.2 Å². The number of carbonyl (C=O) groups excluding carboxylic acids is 1. The van der Waals surface area contributed by atoms with Crippen LogP contribution in [-0.2, 0) is 11.2 Å². The lowest BCUT2D eigenvalue weighted by Crippen LogP contribution is -2.27. The minimum Gasteiger partial charge on any atom is -0.493 e. The minimum absolute atomic E-state index is 0.0189. The van der Waals surface area contributed by atoms with E-state index in [4.69, 9.17) is 14.0 Å². The van der Waals surface area contributed by atoms with Crippen LogP contribution in [0.5, 0.6) is 11.5 Å². The van der Waals surface area contributed by atoms with Crippen molar-refractivity contribution < 1.29 is 18.8 Å². The van der Waals surface area contributed by atoms with E-state index in [9.17, 15) is 4.79 Å². The molecule has 0 spiro atoms. The largest absolute Gasteiger partial charge is 0.493 e. The molecule has 0 aliphatic heterocycles. The number of nitrogens with zero attached hydrogens (tertiary/aromatic N) is 2. The van der Waals surface area contributed by atoms with E-state index in [1.54, 1.807) is 26.4 Å². The summed E-state index contributed by atoms with van der Waals surface area (Å²) in [5.74, 6) is 2.51. The van der Waals surface area contributed by atoms with Crippen LogP contribution in [0.3, 0.4) is 0 Å². The number of nitrogens with one attached hydrogen (secondary N) is 1. The van der Waals surface area contributed by atoms with Gasteiger partial charge >= 0.3 is 0 Å². The molecular formula is C17H23N3O4. The van der Waals surface area contributed by atoms with Crippen molar-refractivity contribution in [2.24, 2.45) is 5.92 Å². The molecule has 0 unspecified atom stereocenters. The van der Waals surface area contributed by atoms with Crippen molar-refractivity contribution in [3.63, 3.8) is 0 Å². The van der Waals surface area contributed by atoms with Gasteiger partial charge in [-0.05, 0) is 24.1 Å². The van der Waals surface area contributed by atoms with E-state index >= 15 is 0 Å². The van der Waals surface area contributed by atoms with Gasteiger partial charge in [-0.1, -0.05) is 19.0 Å². The third kappa shape index (κ3) is 4.71. The molecule has 0 radical (unpaired) electrons. The standard InChI is InChI=1S/C17H23N3O4/c1-11(2)10-18-15(21)7-8-16-19-17(20-24-16)12-5-6-13(22-3)14(9-12)23-4/h5-6,9,11H,7-8,10H2,1-4H3,(H,18,21). The fourth-order valence-corrected chi connectivity index (χ4v) is 2.08. The summed E-state index contributed by atoms with van der Waals surface area (Å²) in [5, 5.41) is 6.81. The average Bonchev–Trinajstić information content (AvgIpc) is 3.06. The van der Waals surface area contributed by atoms with Crippen molar-refractivity contribution in [2.45, 2.75) is 26.7 Å². The van der Waals surface area contributed by atoms with E-state index in [1.807, 2.05) is 19.9 Å². The van der Waals surface area contributed by atoms with Crippen molar-refractivity contribution in [3.8, 4) is 22.9 Å². The summed E-state index contributed by atoms with van der Waals surface area (Å²) in [7, 11) is 3.15. The molecule has 0 aliphatic rings. The first-order chi connectivity index (χ1) is 11.5. The van der Waals surface area contributed by atoms with Crippen molar-refractivity contribution in [1.82, 2.24) is 15.5 Å². The van der Waals surface area contributed by atoms with Crippen LogP contribution in [0.4, 0.5) is 0 Å². The number of rotatable bonds is 8. The van der Waals surface area contributed by atoms with Gasteiger partial charge in [0.25, 0.3) is 0 Å². The van der Waals surface area contributed by atoms with E-state index in [1.165, 1.54) is 0 Å². The Morgan fingerprint density at radius 1 is 1.25 bits per heavy atom. The van der Waals surface area contributed by atoms with Crippen LogP contribution in [0.1, 0.15) is 26.2 Å². The Bertz CT molecular complexity index is 682. The van der Waals surface area contributed by atoms with E-state index < -0.39 is 0 Å². The molecule has 0 aliphatic carbocycles. The Morgan fingerprint density at radius 3 is 2.67 bits per heavy atom. The quantitative estimate of drug-likeness (QED) is 0.798. The smallest absolute Gasteiger partial charge is 0.227 e. The van der Waals surface area contributed by atoms with E-state index in [0.717, 1.165) is 5.56 Å². The number of hydrogen-bond acceptors (Lipinski definition) is 6. The topological polar surface area (TPSA) is 86.5 Å². The average molecular weight is 333 g/mol. The highest BCUT2D eigenvalue weighted by Crippen LogP contribution is 2.31. The summed E-state index contributed by atoms with van der Waals surface area (Å²) in [6.45, 7) is 4.76. The highest BCUT2D eigenvalue weighted by Gasteiger charge is 2.13. The number of ether oxygens (including phenoxy) is 2. The predicted octanol–water partition coefficient (Wildman–Crippen LogP) is 2.46. The highest BCUT2D eigenvalue weighted by molar-refractivity contribution is 5.76. The molecule has 1 amide bonds. The van der Waals surface area contributed by atoms with Gasteiger partial charge in [0.15, 0.2) is 11.5 Å². The maximum absolute atomic E-state index is 11.7. The fourth-order valence-electron chi connectivity index (χ4n) is 2.08. The van der Waals surface area contributed by atoms with Gasteiger partial charge in [0.2, 0.25) is 17.6 Å². The Labute approximate surface area is 141 Å². The van der Waals surface area contributed by atoms with Crippen LogP contribution in [0.15, 0.2) is 22.7 Å². The van der Waals surface area contributed by atoms with Crippen LogP contribution in [0, 0.1) is 5.92 Å². The molecule has 1 heterocycles. The molecule has 2 aromatic rings. The second kappa shape index (κ2) is 8.33. The van der Waals surface area contributed by atoms with Gasteiger partial charge in [-0.15, -0.1) is 0 Å². The Kier molecular flexibility index (Phi) is 6.17. The van der Waals surface area contributed by atoms with Gasteiger partial charge in [0, 0.05) is 24.9 Å². The first-order valence-electron chi connectivity index (χ1n) is 7.85. The highest BCUT2D eigenvalue weighted by atomic mass is 16.5.